The Labute approximate surface area is 156 Å². The predicted molar refractivity (Wildman–Crippen MR) is 102 cm³/mol. The topological polar surface area (TPSA) is 58.5 Å². The van der Waals surface area contributed by atoms with Crippen molar-refractivity contribution in [3.8, 4) is 0 Å². The molecule has 140 valence electrons. The lowest BCUT2D eigenvalue weighted by molar-refractivity contribution is 0.0999. The van der Waals surface area contributed by atoms with E-state index in [2.05, 4.69) is 10.3 Å². The molecular formula is C20H19F2N2O2P. The molecule has 2 aromatic rings. The fourth-order valence-corrected chi connectivity index (χ4v) is 6.27. The van der Waals surface area contributed by atoms with Crippen LogP contribution in [0.2, 0.25) is 0 Å². The van der Waals surface area contributed by atoms with Crippen molar-refractivity contribution < 1.29 is 18.1 Å². The van der Waals surface area contributed by atoms with Gasteiger partial charge in [-0.15, -0.1) is 0 Å². The number of hydrogen-bond acceptors (Lipinski definition) is 4. The Hall–Kier alpha value is -2.17. The molecule has 2 aliphatic rings. The first-order valence-electron chi connectivity index (χ1n) is 8.90. The number of hydrogen-bond donors (Lipinski definition) is 1. The molecule has 0 aromatic heterocycles. The molecule has 1 N–H and O–H groups in total. The summed E-state index contributed by atoms with van der Waals surface area (Å²) in [6, 6.07) is 8.76. The quantitative estimate of drug-likeness (QED) is 0.823. The maximum absolute atomic E-state index is 14.4. The molecule has 2 aliphatic heterocycles. The summed E-state index contributed by atoms with van der Waals surface area (Å²) in [6.07, 6.45) is 1.27. The minimum absolute atomic E-state index is 0.0238. The molecule has 0 bridgehead atoms. The number of fused-ring (bicyclic) bond motifs is 1. The molecule has 2 heterocycles. The number of nitrogens with zero attached hydrogens (tertiary/aromatic N) is 1. The summed E-state index contributed by atoms with van der Waals surface area (Å²) in [6.45, 7) is 1.22. The van der Waals surface area contributed by atoms with E-state index >= 15 is 0 Å². The molecular weight excluding hydrogens is 369 g/mol. The highest BCUT2D eigenvalue weighted by atomic mass is 31.2. The van der Waals surface area contributed by atoms with E-state index in [0.717, 1.165) is 5.56 Å². The number of nitrogens with one attached hydrogen (secondary N) is 1. The predicted octanol–water partition coefficient (Wildman–Crippen LogP) is 2.78. The Kier molecular flexibility index (Phi) is 4.79. The molecule has 2 aromatic carbocycles. The van der Waals surface area contributed by atoms with Crippen molar-refractivity contribution in [2.24, 2.45) is 4.99 Å². The summed E-state index contributed by atoms with van der Waals surface area (Å²) < 4.78 is 41.1. The summed E-state index contributed by atoms with van der Waals surface area (Å²) in [7, 11) is -2.75. The van der Waals surface area contributed by atoms with Gasteiger partial charge in [-0.05, 0) is 35.9 Å². The van der Waals surface area contributed by atoms with E-state index in [1.807, 2.05) is 0 Å². The lowest BCUT2D eigenvalue weighted by Gasteiger charge is -2.25. The molecule has 0 saturated carbocycles. The highest BCUT2D eigenvalue weighted by Crippen LogP contribution is 2.45. The van der Waals surface area contributed by atoms with Crippen LogP contribution in [-0.2, 0) is 11.0 Å². The van der Waals surface area contributed by atoms with Gasteiger partial charge in [0.15, 0.2) is 5.78 Å². The highest BCUT2D eigenvalue weighted by Gasteiger charge is 2.30. The second kappa shape index (κ2) is 7.10. The van der Waals surface area contributed by atoms with E-state index in [1.165, 1.54) is 18.2 Å². The first-order chi connectivity index (χ1) is 13.0. The molecule has 0 spiro atoms. The van der Waals surface area contributed by atoms with Gasteiger partial charge in [-0.1, -0.05) is 6.07 Å². The number of ketones is 1. The first kappa shape index (κ1) is 18.2. The van der Waals surface area contributed by atoms with Crippen LogP contribution in [-0.4, -0.2) is 43.5 Å². The molecule has 1 fully saturated rings. The van der Waals surface area contributed by atoms with E-state index in [1.54, 1.807) is 18.2 Å². The third-order valence-electron chi connectivity index (χ3n) is 5.13. The Morgan fingerprint density at radius 2 is 1.81 bits per heavy atom. The molecule has 27 heavy (non-hydrogen) atoms. The van der Waals surface area contributed by atoms with Gasteiger partial charge in [0.2, 0.25) is 0 Å². The molecule has 0 unspecified atom stereocenters. The van der Waals surface area contributed by atoms with Crippen LogP contribution < -0.4 is 10.6 Å². The normalized spacial score (nSPS) is 18.7. The smallest absolute Gasteiger partial charge is 0.184 e. The van der Waals surface area contributed by atoms with Crippen molar-refractivity contribution in [1.82, 2.24) is 5.32 Å². The standard InChI is InChI=1S/C20H19F2N2O2P/c21-14-2-3-15-16(11-14)19(25)12-24-18(15)9-13-1-4-17(22)20(10-13)27(26)7-5-23-6-8-27/h1-4,10-11,23H,5-9,12H2. The number of benzene rings is 2. The molecule has 7 heteroatoms. The van der Waals surface area contributed by atoms with Gasteiger partial charge in [-0.25, -0.2) is 8.78 Å². The van der Waals surface area contributed by atoms with Crippen LogP contribution in [0.5, 0.6) is 0 Å². The average Bonchev–Trinajstić information content (AvgIpc) is 2.66. The van der Waals surface area contributed by atoms with Gasteiger partial charge in [-0.2, -0.15) is 0 Å². The van der Waals surface area contributed by atoms with Crippen molar-refractivity contribution in [2.75, 3.05) is 32.0 Å². The maximum Gasteiger partial charge on any atom is 0.184 e. The van der Waals surface area contributed by atoms with Gasteiger partial charge in [0.05, 0.1) is 0 Å². The van der Waals surface area contributed by atoms with Crippen LogP contribution in [0.3, 0.4) is 0 Å². The fourth-order valence-electron chi connectivity index (χ4n) is 3.66. The molecule has 1 saturated heterocycles. The first-order valence-corrected chi connectivity index (χ1v) is 11.0. The van der Waals surface area contributed by atoms with Crippen LogP contribution in [0.4, 0.5) is 8.78 Å². The van der Waals surface area contributed by atoms with E-state index in [-0.39, 0.29) is 12.3 Å². The largest absolute Gasteiger partial charge is 0.318 e. The minimum Gasteiger partial charge on any atom is -0.318 e. The van der Waals surface area contributed by atoms with Crippen molar-refractivity contribution in [3.63, 3.8) is 0 Å². The van der Waals surface area contributed by atoms with Crippen molar-refractivity contribution in [1.29, 1.82) is 0 Å². The number of aliphatic imine (C=N–C) groups is 1. The van der Waals surface area contributed by atoms with Crippen molar-refractivity contribution >= 4 is 23.9 Å². The van der Waals surface area contributed by atoms with Crippen LogP contribution in [0.1, 0.15) is 21.5 Å². The van der Waals surface area contributed by atoms with E-state index in [4.69, 9.17) is 0 Å². The highest BCUT2D eigenvalue weighted by molar-refractivity contribution is 7.71. The van der Waals surface area contributed by atoms with Crippen LogP contribution in [0.25, 0.3) is 0 Å². The second-order valence-corrected chi connectivity index (χ2v) is 10.1. The van der Waals surface area contributed by atoms with Gasteiger partial charge in [-0.3, -0.25) is 9.79 Å². The maximum atomic E-state index is 14.4. The summed E-state index contributed by atoms with van der Waals surface area (Å²) in [5, 5.41) is 3.45. The summed E-state index contributed by atoms with van der Waals surface area (Å²) in [5.41, 5.74) is 2.37. The average molecular weight is 388 g/mol. The Balaban J connectivity index is 1.67. The van der Waals surface area contributed by atoms with Crippen molar-refractivity contribution in [3.05, 3.63) is 64.7 Å². The monoisotopic (exact) mass is 388 g/mol. The number of carbonyl (C=O) groups excluding carboxylic acids is 1. The van der Waals surface area contributed by atoms with Gasteiger partial charge >= 0.3 is 0 Å². The fraction of sp³-hybridized carbons (Fsp3) is 0.300. The van der Waals surface area contributed by atoms with E-state index in [9.17, 15) is 18.1 Å². The van der Waals surface area contributed by atoms with Gasteiger partial charge in [0.25, 0.3) is 0 Å². The zero-order valence-electron chi connectivity index (χ0n) is 14.7. The molecule has 4 rings (SSSR count). The number of halogens is 2. The van der Waals surface area contributed by atoms with Crippen LogP contribution in [0.15, 0.2) is 41.4 Å². The molecule has 0 aliphatic carbocycles. The summed E-state index contributed by atoms with van der Waals surface area (Å²) >= 11 is 0. The van der Waals surface area contributed by atoms with E-state index < -0.39 is 18.8 Å². The SMILES string of the molecule is O=C1CN=C(Cc2ccc(F)c(P3(=O)CCNCC3)c2)c2ccc(F)cc21. The minimum atomic E-state index is -2.75. The lowest BCUT2D eigenvalue weighted by Crippen LogP contribution is -2.33. The lowest BCUT2D eigenvalue weighted by atomic mass is 9.93. The van der Waals surface area contributed by atoms with Crippen LogP contribution in [0, 0.1) is 11.6 Å². The summed E-state index contributed by atoms with van der Waals surface area (Å²) in [4.78, 5) is 16.3. The van der Waals surface area contributed by atoms with Gasteiger partial charge in [0, 0.05) is 54.0 Å². The van der Waals surface area contributed by atoms with Gasteiger partial charge < -0.3 is 9.88 Å². The van der Waals surface area contributed by atoms with Gasteiger partial charge in [0.1, 0.15) is 25.3 Å². The van der Waals surface area contributed by atoms with Crippen LogP contribution >= 0.6 is 7.14 Å². The molecule has 0 atom stereocenters. The van der Waals surface area contributed by atoms with E-state index in [0.29, 0.717) is 54.0 Å². The van der Waals surface area contributed by atoms with Crippen molar-refractivity contribution in [2.45, 2.75) is 6.42 Å². The molecule has 0 amide bonds. The Bertz CT molecular complexity index is 993. The third kappa shape index (κ3) is 3.52. The second-order valence-electron chi connectivity index (χ2n) is 6.93. The summed E-state index contributed by atoms with van der Waals surface area (Å²) in [5.74, 6) is -1.11. The number of carbonyl (C=O) groups is 1. The zero-order chi connectivity index (χ0) is 19.0. The zero-order valence-corrected chi connectivity index (χ0v) is 15.6. The number of rotatable bonds is 3. The third-order valence-corrected chi connectivity index (χ3v) is 8.24. The number of Topliss-reactive ketones (excluding diaryl/α,β-unsaturated/α-hetero) is 1. The Morgan fingerprint density at radius 1 is 1.04 bits per heavy atom. The molecule has 0 radical (unpaired) electrons. The Morgan fingerprint density at radius 3 is 2.59 bits per heavy atom. The molecule has 4 nitrogen and oxygen atoms in total.